The molecule has 82 valence electrons. The van der Waals surface area contributed by atoms with Gasteiger partial charge in [-0.1, -0.05) is 23.7 Å². The van der Waals surface area contributed by atoms with Gasteiger partial charge in [-0.3, -0.25) is 14.6 Å². The summed E-state index contributed by atoms with van der Waals surface area (Å²) in [7, 11) is 0. The molecular formula is C12H11ClN2O. The van der Waals surface area contributed by atoms with E-state index in [4.69, 9.17) is 11.6 Å². The molecule has 1 N–H and O–H groups in total. The maximum atomic E-state index is 11.4. The molecule has 1 aromatic carbocycles. The molecule has 3 nitrogen and oxygen atoms in total. The van der Waals surface area contributed by atoms with Crippen molar-refractivity contribution in [2.75, 3.05) is 0 Å². The number of halogens is 1. The molecule has 0 unspecified atom stereocenters. The zero-order chi connectivity index (χ0) is 11.1. The van der Waals surface area contributed by atoms with Crippen LogP contribution in [0.1, 0.15) is 24.5 Å². The second-order valence-electron chi connectivity index (χ2n) is 4.11. The van der Waals surface area contributed by atoms with Gasteiger partial charge in [-0.25, -0.2) is 0 Å². The van der Waals surface area contributed by atoms with Crippen molar-refractivity contribution in [3.05, 3.63) is 51.4 Å². The molecule has 0 radical (unpaired) electrons. The quantitative estimate of drug-likeness (QED) is 0.853. The first-order valence-corrected chi connectivity index (χ1v) is 5.70. The van der Waals surface area contributed by atoms with Gasteiger partial charge >= 0.3 is 0 Å². The zero-order valence-electron chi connectivity index (χ0n) is 8.61. The summed E-state index contributed by atoms with van der Waals surface area (Å²) >= 11 is 6.12. The summed E-state index contributed by atoms with van der Waals surface area (Å²) in [4.78, 5) is 11.4. The van der Waals surface area contributed by atoms with Crippen molar-refractivity contribution < 1.29 is 0 Å². The van der Waals surface area contributed by atoms with E-state index in [1.165, 1.54) is 0 Å². The van der Waals surface area contributed by atoms with Gasteiger partial charge in [0.25, 0.3) is 5.56 Å². The van der Waals surface area contributed by atoms with E-state index in [-0.39, 0.29) is 5.56 Å². The van der Waals surface area contributed by atoms with E-state index in [0.29, 0.717) is 10.9 Å². The van der Waals surface area contributed by atoms with Crippen molar-refractivity contribution in [3.8, 4) is 5.69 Å². The van der Waals surface area contributed by atoms with Crippen molar-refractivity contribution in [2.24, 2.45) is 0 Å². The van der Waals surface area contributed by atoms with Crippen LogP contribution in [0.5, 0.6) is 0 Å². The lowest BCUT2D eigenvalue weighted by atomic mass is 10.2. The van der Waals surface area contributed by atoms with Gasteiger partial charge in [0.05, 0.1) is 10.7 Å². The number of nitrogens with zero attached hydrogens (tertiary/aromatic N) is 1. The lowest BCUT2D eigenvalue weighted by Crippen LogP contribution is -2.05. The van der Waals surface area contributed by atoms with Gasteiger partial charge in [0.2, 0.25) is 0 Å². The number of hydrogen-bond acceptors (Lipinski definition) is 1. The zero-order valence-corrected chi connectivity index (χ0v) is 9.37. The van der Waals surface area contributed by atoms with Gasteiger partial charge in [0.15, 0.2) is 0 Å². The Morgan fingerprint density at radius 3 is 2.75 bits per heavy atom. The number of H-pyrrole nitrogens is 1. The van der Waals surface area contributed by atoms with Crippen molar-refractivity contribution in [2.45, 2.75) is 18.8 Å². The van der Waals surface area contributed by atoms with Gasteiger partial charge < -0.3 is 0 Å². The maximum absolute atomic E-state index is 11.4. The van der Waals surface area contributed by atoms with Crippen LogP contribution in [-0.4, -0.2) is 9.78 Å². The average Bonchev–Trinajstić information content (AvgIpc) is 3.03. The van der Waals surface area contributed by atoms with Crippen LogP contribution >= 0.6 is 11.6 Å². The third-order valence-electron chi connectivity index (χ3n) is 2.85. The predicted octanol–water partition coefficient (Wildman–Crippen LogP) is 2.70. The predicted molar refractivity (Wildman–Crippen MR) is 63.4 cm³/mol. The molecule has 4 heteroatoms. The Hall–Kier alpha value is -1.48. The molecule has 1 aromatic heterocycles. The summed E-state index contributed by atoms with van der Waals surface area (Å²) in [5, 5.41) is 3.45. The molecule has 1 fully saturated rings. The Morgan fingerprint density at radius 2 is 2.06 bits per heavy atom. The number of aromatic nitrogens is 2. The van der Waals surface area contributed by atoms with E-state index in [2.05, 4.69) is 5.10 Å². The maximum Gasteiger partial charge on any atom is 0.264 e. The van der Waals surface area contributed by atoms with Crippen LogP contribution in [0.15, 0.2) is 35.1 Å². The Kier molecular flexibility index (Phi) is 2.14. The molecule has 0 saturated heterocycles. The minimum atomic E-state index is -0.0678. The van der Waals surface area contributed by atoms with Crippen molar-refractivity contribution in [3.63, 3.8) is 0 Å². The molecule has 3 rings (SSSR count). The normalized spacial score (nSPS) is 15.3. The fourth-order valence-electron chi connectivity index (χ4n) is 1.92. The second kappa shape index (κ2) is 3.52. The molecular weight excluding hydrogens is 224 g/mol. The van der Waals surface area contributed by atoms with E-state index in [1.54, 1.807) is 6.07 Å². The Morgan fingerprint density at radius 1 is 1.31 bits per heavy atom. The van der Waals surface area contributed by atoms with Crippen LogP contribution in [0.25, 0.3) is 5.69 Å². The van der Waals surface area contributed by atoms with Crippen LogP contribution in [0, 0.1) is 0 Å². The van der Waals surface area contributed by atoms with Crippen molar-refractivity contribution in [1.29, 1.82) is 0 Å². The van der Waals surface area contributed by atoms with Gasteiger partial charge in [-0.15, -0.1) is 0 Å². The first kappa shape index (κ1) is 9.73. The summed E-state index contributed by atoms with van der Waals surface area (Å²) in [6.07, 6.45) is 2.31. The lowest BCUT2D eigenvalue weighted by molar-refractivity contribution is 0.800. The van der Waals surface area contributed by atoms with Crippen LogP contribution in [0.4, 0.5) is 0 Å². The molecule has 1 saturated carbocycles. The summed E-state index contributed by atoms with van der Waals surface area (Å²) in [5.74, 6) is 0.509. The molecule has 2 aromatic rings. The highest BCUT2D eigenvalue weighted by molar-refractivity contribution is 6.32. The second-order valence-corrected chi connectivity index (χ2v) is 4.51. The van der Waals surface area contributed by atoms with Crippen LogP contribution in [0.2, 0.25) is 5.02 Å². The van der Waals surface area contributed by atoms with E-state index < -0.39 is 0 Å². The summed E-state index contributed by atoms with van der Waals surface area (Å²) in [5.41, 5.74) is 1.81. The van der Waals surface area contributed by atoms with Gasteiger partial charge in [0, 0.05) is 17.7 Å². The Labute approximate surface area is 97.6 Å². The fraction of sp³-hybridized carbons (Fsp3) is 0.250. The van der Waals surface area contributed by atoms with E-state index in [0.717, 1.165) is 24.2 Å². The first-order chi connectivity index (χ1) is 7.75. The number of aromatic amines is 1. The molecule has 1 aliphatic rings. The minimum Gasteiger partial charge on any atom is -0.268 e. The molecule has 0 amide bonds. The summed E-state index contributed by atoms with van der Waals surface area (Å²) in [6.45, 7) is 0. The van der Waals surface area contributed by atoms with Gasteiger partial charge in [0.1, 0.15) is 0 Å². The van der Waals surface area contributed by atoms with Gasteiger partial charge in [-0.05, 0) is 25.0 Å². The van der Waals surface area contributed by atoms with Crippen molar-refractivity contribution in [1.82, 2.24) is 9.78 Å². The minimum absolute atomic E-state index is 0.0678. The molecule has 1 heterocycles. The molecule has 16 heavy (non-hydrogen) atoms. The molecule has 0 aliphatic heterocycles. The lowest BCUT2D eigenvalue weighted by Gasteiger charge is -2.08. The molecule has 1 aliphatic carbocycles. The highest BCUT2D eigenvalue weighted by Gasteiger charge is 2.28. The SMILES string of the molecule is O=c1cc(C2CC2)n(-c2ccccc2Cl)[nH]1. The Balaban J connectivity index is 2.19. The Bertz CT molecular complexity index is 581. The van der Waals surface area contributed by atoms with Gasteiger partial charge in [-0.2, -0.15) is 0 Å². The number of benzene rings is 1. The summed E-state index contributed by atoms with van der Waals surface area (Å²) in [6, 6.07) is 9.19. The highest BCUT2D eigenvalue weighted by atomic mass is 35.5. The third-order valence-corrected chi connectivity index (χ3v) is 3.17. The highest BCUT2D eigenvalue weighted by Crippen LogP contribution is 2.40. The van der Waals surface area contributed by atoms with E-state index >= 15 is 0 Å². The van der Waals surface area contributed by atoms with Crippen LogP contribution in [-0.2, 0) is 0 Å². The molecule has 0 atom stereocenters. The molecule has 0 bridgehead atoms. The van der Waals surface area contributed by atoms with E-state index in [9.17, 15) is 4.79 Å². The average molecular weight is 235 g/mol. The third kappa shape index (κ3) is 1.57. The van der Waals surface area contributed by atoms with Crippen LogP contribution < -0.4 is 5.56 Å². The number of hydrogen-bond donors (Lipinski definition) is 1. The topological polar surface area (TPSA) is 37.8 Å². The number of rotatable bonds is 2. The van der Waals surface area contributed by atoms with Crippen LogP contribution in [0.3, 0.4) is 0 Å². The largest absolute Gasteiger partial charge is 0.268 e. The fourth-order valence-corrected chi connectivity index (χ4v) is 2.14. The number of nitrogens with one attached hydrogen (secondary N) is 1. The monoisotopic (exact) mass is 234 g/mol. The van der Waals surface area contributed by atoms with E-state index in [1.807, 2.05) is 28.9 Å². The summed E-state index contributed by atoms with van der Waals surface area (Å²) < 4.78 is 1.81. The number of para-hydroxylation sites is 1. The first-order valence-electron chi connectivity index (χ1n) is 5.32. The van der Waals surface area contributed by atoms with Crippen molar-refractivity contribution >= 4 is 11.6 Å². The standard InChI is InChI=1S/C12H11ClN2O/c13-9-3-1-2-4-10(9)15-11(8-5-6-8)7-12(16)14-15/h1-4,7-8H,5-6H2,(H,14,16). The smallest absolute Gasteiger partial charge is 0.264 e. The molecule has 0 spiro atoms.